The highest BCUT2D eigenvalue weighted by molar-refractivity contribution is 6.41. The number of aromatic nitrogens is 1. The van der Waals surface area contributed by atoms with Crippen LogP contribution < -0.4 is 5.32 Å². The molecule has 3 rings (SSSR count). The lowest BCUT2D eigenvalue weighted by molar-refractivity contribution is 0.102. The van der Waals surface area contributed by atoms with Crippen molar-refractivity contribution in [3.8, 4) is 11.1 Å². The maximum atomic E-state index is 12.4. The summed E-state index contributed by atoms with van der Waals surface area (Å²) in [6.45, 7) is 0. The van der Waals surface area contributed by atoms with E-state index in [-0.39, 0.29) is 16.1 Å². The number of rotatable bonds is 3. The second kappa shape index (κ2) is 6.82. The molecule has 3 nitrogen and oxygen atoms in total. The molecule has 0 aliphatic carbocycles. The maximum Gasteiger partial charge on any atom is 0.257 e. The molecule has 0 spiro atoms. The highest BCUT2D eigenvalue weighted by Gasteiger charge is 2.12. The summed E-state index contributed by atoms with van der Waals surface area (Å²) >= 11 is 11.7. The Balaban J connectivity index is 1.91. The predicted octanol–water partition coefficient (Wildman–Crippen LogP) is 5.31. The average molecular weight is 343 g/mol. The highest BCUT2D eigenvalue weighted by atomic mass is 35.5. The van der Waals surface area contributed by atoms with Gasteiger partial charge in [-0.05, 0) is 17.7 Å². The summed E-state index contributed by atoms with van der Waals surface area (Å²) in [6.07, 6.45) is 1.40. The van der Waals surface area contributed by atoms with Gasteiger partial charge in [-0.15, -0.1) is 0 Å². The third kappa shape index (κ3) is 3.52. The van der Waals surface area contributed by atoms with E-state index in [1.807, 2.05) is 54.6 Å². The summed E-state index contributed by atoms with van der Waals surface area (Å²) < 4.78 is 0. The zero-order chi connectivity index (χ0) is 16.2. The topological polar surface area (TPSA) is 42.0 Å². The molecule has 1 amide bonds. The van der Waals surface area contributed by atoms with Gasteiger partial charge in [0.2, 0.25) is 0 Å². The molecule has 0 radical (unpaired) electrons. The number of carbonyl (C=O) groups excluding carboxylic acids is 1. The van der Waals surface area contributed by atoms with Crippen LogP contribution in [0.4, 0.5) is 5.69 Å². The monoisotopic (exact) mass is 342 g/mol. The number of amides is 1. The number of hydrogen-bond acceptors (Lipinski definition) is 2. The van der Waals surface area contributed by atoms with Crippen LogP contribution in [0.5, 0.6) is 0 Å². The van der Waals surface area contributed by atoms with Crippen LogP contribution in [0.2, 0.25) is 10.2 Å². The molecule has 1 heterocycles. The molecule has 2 aromatic carbocycles. The fourth-order valence-corrected chi connectivity index (χ4v) is 2.47. The average Bonchev–Trinajstić information content (AvgIpc) is 2.58. The van der Waals surface area contributed by atoms with Crippen molar-refractivity contribution in [1.29, 1.82) is 0 Å². The van der Waals surface area contributed by atoms with Crippen LogP contribution in [0.15, 0.2) is 66.9 Å². The Labute approximate surface area is 143 Å². The summed E-state index contributed by atoms with van der Waals surface area (Å²) in [5.74, 6) is -0.292. The lowest BCUT2D eigenvalue weighted by Crippen LogP contribution is -2.13. The molecule has 0 aliphatic heterocycles. The van der Waals surface area contributed by atoms with Gasteiger partial charge in [-0.3, -0.25) is 4.79 Å². The van der Waals surface area contributed by atoms with Gasteiger partial charge in [0.05, 0.1) is 10.6 Å². The molecule has 1 N–H and O–H groups in total. The quantitative estimate of drug-likeness (QED) is 0.655. The van der Waals surface area contributed by atoms with Crippen LogP contribution in [0.1, 0.15) is 10.4 Å². The zero-order valence-electron chi connectivity index (χ0n) is 12.0. The fourth-order valence-electron chi connectivity index (χ4n) is 2.20. The third-order valence-electron chi connectivity index (χ3n) is 3.32. The first kappa shape index (κ1) is 15.5. The predicted molar refractivity (Wildman–Crippen MR) is 94.1 cm³/mol. The van der Waals surface area contributed by atoms with Crippen LogP contribution in [-0.2, 0) is 0 Å². The van der Waals surface area contributed by atoms with Crippen molar-refractivity contribution in [2.45, 2.75) is 0 Å². The van der Waals surface area contributed by atoms with Crippen LogP contribution in [0.25, 0.3) is 11.1 Å². The second-order valence-electron chi connectivity index (χ2n) is 4.86. The number of nitrogens with zero attached hydrogens (tertiary/aromatic N) is 1. The van der Waals surface area contributed by atoms with Crippen molar-refractivity contribution in [3.05, 3.63) is 82.6 Å². The van der Waals surface area contributed by atoms with Gasteiger partial charge in [0, 0.05) is 17.4 Å². The number of hydrogen-bond donors (Lipinski definition) is 1. The van der Waals surface area contributed by atoms with E-state index in [0.717, 1.165) is 16.8 Å². The number of para-hydroxylation sites is 1. The van der Waals surface area contributed by atoms with Gasteiger partial charge in [0.15, 0.2) is 0 Å². The van der Waals surface area contributed by atoms with Crippen LogP contribution >= 0.6 is 23.2 Å². The molecule has 0 aliphatic rings. The summed E-state index contributed by atoms with van der Waals surface area (Å²) in [5.41, 5.74) is 3.03. The van der Waals surface area contributed by atoms with Gasteiger partial charge < -0.3 is 5.32 Å². The molecular formula is C18H12Cl2N2O. The molecule has 5 heteroatoms. The SMILES string of the molecule is O=C(Nc1ccccc1-c1ccccc1)c1cnc(Cl)c(Cl)c1. The minimum absolute atomic E-state index is 0.174. The van der Waals surface area contributed by atoms with Crippen LogP contribution in [0, 0.1) is 0 Å². The number of pyridine rings is 1. The maximum absolute atomic E-state index is 12.4. The first-order valence-corrected chi connectivity index (χ1v) is 7.67. The smallest absolute Gasteiger partial charge is 0.257 e. The number of nitrogens with one attached hydrogen (secondary N) is 1. The van der Waals surface area contributed by atoms with Gasteiger partial charge in [0.1, 0.15) is 5.15 Å². The van der Waals surface area contributed by atoms with E-state index in [4.69, 9.17) is 23.2 Å². The lowest BCUT2D eigenvalue weighted by Gasteiger charge is -2.11. The van der Waals surface area contributed by atoms with Gasteiger partial charge in [-0.1, -0.05) is 71.7 Å². The zero-order valence-corrected chi connectivity index (χ0v) is 13.5. The highest BCUT2D eigenvalue weighted by Crippen LogP contribution is 2.28. The molecule has 3 aromatic rings. The Hall–Kier alpha value is -2.36. The van der Waals surface area contributed by atoms with Crippen LogP contribution in [0.3, 0.4) is 0 Å². The molecule has 0 saturated carbocycles. The van der Waals surface area contributed by atoms with E-state index in [2.05, 4.69) is 10.3 Å². The minimum atomic E-state index is -0.292. The molecule has 0 fully saturated rings. The number of benzene rings is 2. The Morgan fingerprint density at radius 1 is 0.957 bits per heavy atom. The number of carbonyl (C=O) groups is 1. The van der Waals surface area contributed by atoms with Crippen molar-refractivity contribution >= 4 is 34.8 Å². The molecule has 0 saturated heterocycles. The molecular weight excluding hydrogens is 331 g/mol. The molecule has 23 heavy (non-hydrogen) atoms. The standard InChI is InChI=1S/C18H12Cl2N2O/c19-15-10-13(11-21-17(15)20)18(23)22-16-9-5-4-8-14(16)12-6-2-1-3-7-12/h1-11H,(H,22,23). The third-order valence-corrected chi connectivity index (χ3v) is 4.00. The van der Waals surface area contributed by atoms with E-state index in [9.17, 15) is 4.79 Å². The first-order valence-electron chi connectivity index (χ1n) is 6.92. The molecule has 0 bridgehead atoms. The summed E-state index contributed by atoms with van der Waals surface area (Å²) in [5, 5.41) is 3.31. The summed E-state index contributed by atoms with van der Waals surface area (Å²) in [6, 6.07) is 18.9. The molecule has 1 aromatic heterocycles. The van der Waals surface area contributed by atoms with E-state index in [1.54, 1.807) is 0 Å². The second-order valence-corrected chi connectivity index (χ2v) is 5.63. The Kier molecular flexibility index (Phi) is 4.60. The Morgan fingerprint density at radius 2 is 1.65 bits per heavy atom. The first-order chi connectivity index (χ1) is 11.1. The van der Waals surface area contributed by atoms with Crippen molar-refractivity contribution in [2.75, 3.05) is 5.32 Å². The van der Waals surface area contributed by atoms with E-state index in [1.165, 1.54) is 12.3 Å². The lowest BCUT2D eigenvalue weighted by atomic mass is 10.0. The van der Waals surface area contributed by atoms with Gasteiger partial charge in [-0.25, -0.2) is 4.98 Å². The largest absolute Gasteiger partial charge is 0.321 e. The van der Waals surface area contributed by atoms with Crippen LogP contribution in [-0.4, -0.2) is 10.9 Å². The number of halogens is 2. The Morgan fingerprint density at radius 3 is 2.39 bits per heavy atom. The van der Waals surface area contributed by atoms with E-state index < -0.39 is 0 Å². The van der Waals surface area contributed by atoms with Gasteiger partial charge in [-0.2, -0.15) is 0 Å². The van der Waals surface area contributed by atoms with Crippen molar-refractivity contribution < 1.29 is 4.79 Å². The molecule has 0 unspecified atom stereocenters. The normalized spacial score (nSPS) is 10.3. The van der Waals surface area contributed by atoms with E-state index >= 15 is 0 Å². The van der Waals surface area contributed by atoms with Crippen molar-refractivity contribution in [1.82, 2.24) is 4.98 Å². The molecule has 114 valence electrons. The van der Waals surface area contributed by atoms with Gasteiger partial charge >= 0.3 is 0 Å². The minimum Gasteiger partial charge on any atom is -0.321 e. The number of anilines is 1. The Bertz CT molecular complexity index is 851. The fraction of sp³-hybridized carbons (Fsp3) is 0. The van der Waals surface area contributed by atoms with Crippen molar-refractivity contribution in [3.63, 3.8) is 0 Å². The van der Waals surface area contributed by atoms with Gasteiger partial charge in [0.25, 0.3) is 5.91 Å². The van der Waals surface area contributed by atoms with E-state index in [0.29, 0.717) is 5.56 Å². The molecule has 0 atom stereocenters. The summed E-state index contributed by atoms with van der Waals surface area (Å²) in [4.78, 5) is 16.3. The summed E-state index contributed by atoms with van der Waals surface area (Å²) in [7, 11) is 0. The van der Waals surface area contributed by atoms with Crippen molar-refractivity contribution in [2.24, 2.45) is 0 Å².